The Morgan fingerprint density at radius 1 is 0.875 bits per heavy atom. The van der Waals surface area contributed by atoms with E-state index >= 15 is 0 Å². The van der Waals surface area contributed by atoms with Crippen LogP contribution in [0.3, 0.4) is 0 Å². The molecule has 0 bridgehead atoms. The molecule has 0 spiro atoms. The van der Waals surface area contributed by atoms with E-state index in [1.807, 2.05) is 0 Å². The molecule has 0 atom stereocenters. The number of benzene rings is 3. The predicted molar refractivity (Wildman–Crippen MR) is 116 cm³/mol. The molecule has 0 aliphatic carbocycles. The van der Waals surface area contributed by atoms with Crippen molar-refractivity contribution in [3.8, 4) is 5.75 Å². The topological polar surface area (TPSA) is 114 Å². The number of anilines is 1. The highest BCUT2D eigenvalue weighted by atomic mass is 32.2. The van der Waals surface area contributed by atoms with E-state index in [0.29, 0.717) is 17.0 Å². The summed E-state index contributed by atoms with van der Waals surface area (Å²) < 4.78 is 45.4. The standard InChI is InChI=1S/C22H20FN3O5S/c1-31-19-10-8-18(9-11-19)26-32(29,30)20-12-4-16(5-13-20)22(28)25-24-21(27)14-15-2-6-17(23)7-3-15/h2-13,26H,14H2,1H3,(H,24,27)(H,25,28). The second kappa shape index (κ2) is 9.92. The van der Waals surface area contributed by atoms with Crippen LogP contribution < -0.4 is 20.3 Å². The molecule has 0 radical (unpaired) electrons. The minimum Gasteiger partial charge on any atom is -0.497 e. The lowest BCUT2D eigenvalue weighted by atomic mass is 10.1. The van der Waals surface area contributed by atoms with E-state index in [9.17, 15) is 22.4 Å². The van der Waals surface area contributed by atoms with E-state index in [1.54, 1.807) is 24.3 Å². The third kappa shape index (κ3) is 6.05. The van der Waals surface area contributed by atoms with E-state index in [4.69, 9.17) is 4.74 Å². The van der Waals surface area contributed by atoms with Gasteiger partial charge >= 0.3 is 0 Å². The minimum atomic E-state index is -3.86. The number of hydrogen-bond acceptors (Lipinski definition) is 5. The summed E-state index contributed by atoms with van der Waals surface area (Å²) in [6.07, 6.45) is -0.0469. The summed E-state index contributed by atoms with van der Waals surface area (Å²) in [6, 6.07) is 17.0. The quantitative estimate of drug-likeness (QED) is 0.472. The molecule has 3 aromatic rings. The molecule has 166 valence electrons. The molecule has 32 heavy (non-hydrogen) atoms. The van der Waals surface area contributed by atoms with Crippen LogP contribution in [0.15, 0.2) is 77.7 Å². The fourth-order valence-corrected chi connectivity index (χ4v) is 3.75. The van der Waals surface area contributed by atoms with Crippen LogP contribution in [0, 0.1) is 5.82 Å². The maximum atomic E-state index is 12.9. The number of hydrogen-bond donors (Lipinski definition) is 3. The first-order valence-corrected chi connectivity index (χ1v) is 10.9. The average Bonchev–Trinajstić information content (AvgIpc) is 2.79. The molecule has 0 saturated heterocycles. The summed E-state index contributed by atoms with van der Waals surface area (Å²) in [5.74, 6) is -0.933. The van der Waals surface area contributed by atoms with Gasteiger partial charge in [0, 0.05) is 11.3 Å². The lowest BCUT2D eigenvalue weighted by Crippen LogP contribution is -2.42. The Balaban J connectivity index is 1.57. The van der Waals surface area contributed by atoms with Crippen molar-refractivity contribution in [2.45, 2.75) is 11.3 Å². The number of sulfonamides is 1. The summed E-state index contributed by atoms with van der Waals surface area (Å²) in [7, 11) is -2.35. The van der Waals surface area contributed by atoms with Gasteiger partial charge in [-0.1, -0.05) is 12.1 Å². The second-order valence-corrected chi connectivity index (χ2v) is 8.35. The van der Waals surface area contributed by atoms with Gasteiger partial charge in [0.05, 0.1) is 18.4 Å². The fourth-order valence-electron chi connectivity index (χ4n) is 2.69. The minimum absolute atomic E-state index is 0.0368. The lowest BCUT2D eigenvalue weighted by molar-refractivity contribution is -0.121. The number of carbonyl (C=O) groups excluding carboxylic acids is 2. The lowest BCUT2D eigenvalue weighted by Gasteiger charge is -2.10. The second-order valence-electron chi connectivity index (χ2n) is 6.66. The molecule has 0 aliphatic rings. The van der Waals surface area contributed by atoms with Gasteiger partial charge < -0.3 is 4.74 Å². The maximum Gasteiger partial charge on any atom is 0.269 e. The average molecular weight is 457 g/mol. The zero-order chi connectivity index (χ0) is 23.1. The van der Waals surface area contributed by atoms with Crippen molar-refractivity contribution < 1.29 is 27.1 Å². The van der Waals surface area contributed by atoms with Crippen LogP contribution in [0.25, 0.3) is 0 Å². The molecule has 3 rings (SSSR count). The Bertz CT molecular complexity index is 1200. The van der Waals surface area contributed by atoms with Crippen LogP contribution in [0.5, 0.6) is 5.75 Å². The summed E-state index contributed by atoms with van der Waals surface area (Å²) >= 11 is 0. The summed E-state index contributed by atoms with van der Waals surface area (Å²) in [5, 5.41) is 0. The maximum absolute atomic E-state index is 12.9. The zero-order valence-corrected chi connectivity index (χ0v) is 17.8. The van der Waals surface area contributed by atoms with Crippen LogP contribution >= 0.6 is 0 Å². The summed E-state index contributed by atoms with van der Waals surface area (Å²) in [6.45, 7) is 0. The van der Waals surface area contributed by atoms with Crippen LogP contribution in [-0.2, 0) is 21.2 Å². The number of halogens is 1. The molecular formula is C22H20FN3O5S. The molecule has 8 nitrogen and oxygen atoms in total. The van der Waals surface area contributed by atoms with Crippen molar-refractivity contribution in [3.63, 3.8) is 0 Å². The van der Waals surface area contributed by atoms with Gasteiger partial charge in [-0.2, -0.15) is 0 Å². The van der Waals surface area contributed by atoms with Crippen molar-refractivity contribution in [1.29, 1.82) is 0 Å². The smallest absolute Gasteiger partial charge is 0.269 e. The van der Waals surface area contributed by atoms with Crippen LogP contribution in [0.4, 0.5) is 10.1 Å². The Morgan fingerprint density at radius 2 is 1.50 bits per heavy atom. The van der Waals surface area contributed by atoms with E-state index in [-0.39, 0.29) is 16.9 Å². The highest BCUT2D eigenvalue weighted by Crippen LogP contribution is 2.19. The summed E-state index contributed by atoms with van der Waals surface area (Å²) in [4.78, 5) is 24.1. The number of rotatable bonds is 7. The van der Waals surface area contributed by atoms with Gasteiger partial charge in [-0.3, -0.25) is 25.2 Å². The molecule has 3 N–H and O–H groups in total. The van der Waals surface area contributed by atoms with E-state index < -0.39 is 27.7 Å². The van der Waals surface area contributed by atoms with Gasteiger partial charge in [0.1, 0.15) is 11.6 Å². The molecule has 0 heterocycles. The van der Waals surface area contributed by atoms with Gasteiger partial charge in [-0.05, 0) is 66.2 Å². The molecule has 10 heteroatoms. The molecule has 2 amide bonds. The Kier molecular flexibility index (Phi) is 7.06. The molecule has 0 unspecified atom stereocenters. The number of methoxy groups -OCH3 is 1. The largest absolute Gasteiger partial charge is 0.497 e. The van der Waals surface area contributed by atoms with E-state index in [1.165, 1.54) is 55.6 Å². The van der Waals surface area contributed by atoms with Crippen molar-refractivity contribution in [2.24, 2.45) is 0 Å². The van der Waals surface area contributed by atoms with E-state index in [2.05, 4.69) is 15.6 Å². The Labute approximate surface area is 184 Å². The molecular weight excluding hydrogens is 437 g/mol. The number of ether oxygens (including phenoxy) is 1. The first-order chi connectivity index (χ1) is 15.3. The molecule has 3 aromatic carbocycles. The van der Waals surface area contributed by atoms with Gasteiger partial charge in [0.2, 0.25) is 5.91 Å². The molecule has 0 aromatic heterocycles. The zero-order valence-electron chi connectivity index (χ0n) is 17.0. The number of nitrogens with one attached hydrogen (secondary N) is 3. The summed E-state index contributed by atoms with van der Waals surface area (Å²) in [5.41, 5.74) is 5.59. The number of amides is 2. The monoisotopic (exact) mass is 457 g/mol. The highest BCUT2D eigenvalue weighted by Gasteiger charge is 2.16. The van der Waals surface area contributed by atoms with Crippen molar-refractivity contribution in [2.75, 3.05) is 11.8 Å². The highest BCUT2D eigenvalue weighted by molar-refractivity contribution is 7.92. The van der Waals surface area contributed by atoms with Crippen molar-refractivity contribution in [1.82, 2.24) is 10.9 Å². The Morgan fingerprint density at radius 3 is 2.09 bits per heavy atom. The van der Waals surface area contributed by atoms with Crippen LogP contribution in [0.2, 0.25) is 0 Å². The number of carbonyl (C=O) groups is 2. The van der Waals surface area contributed by atoms with Gasteiger partial charge in [-0.25, -0.2) is 12.8 Å². The van der Waals surface area contributed by atoms with Crippen molar-refractivity contribution in [3.05, 3.63) is 89.7 Å². The SMILES string of the molecule is COc1ccc(NS(=O)(=O)c2ccc(C(=O)NNC(=O)Cc3ccc(F)cc3)cc2)cc1. The number of hydrazine groups is 1. The molecule has 0 aliphatic heterocycles. The predicted octanol–water partition coefficient (Wildman–Crippen LogP) is 2.64. The van der Waals surface area contributed by atoms with Gasteiger partial charge in [-0.15, -0.1) is 0 Å². The third-order valence-corrected chi connectivity index (χ3v) is 5.76. The first kappa shape index (κ1) is 22.8. The third-order valence-electron chi connectivity index (χ3n) is 4.36. The van der Waals surface area contributed by atoms with Crippen LogP contribution in [0.1, 0.15) is 15.9 Å². The van der Waals surface area contributed by atoms with Gasteiger partial charge in [0.25, 0.3) is 15.9 Å². The molecule has 0 fully saturated rings. The van der Waals surface area contributed by atoms with Gasteiger partial charge in [0.15, 0.2) is 0 Å². The fraction of sp³-hybridized carbons (Fsp3) is 0.0909. The van der Waals surface area contributed by atoms with Crippen LogP contribution in [-0.4, -0.2) is 27.3 Å². The first-order valence-electron chi connectivity index (χ1n) is 9.37. The Hall–Kier alpha value is -3.92. The van der Waals surface area contributed by atoms with E-state index in [0.717, 1.165) is 0 Å². The normalized spacial score (nSPS) is 10.8. The van der Waals surface area contributed by atoms with Crippen molar-refractivity contribution >= 4 is 27.5 Å². The molecule has 0 saturated carbocycles.